The molecule has 0 spiro atoms. The molecule has 0 saturated carbocycles. The van der Waals surface area contributed by atoms with Crippen LogP contribution in [-0.4, -0.2) is 6.02 Å². The number of nitrogens with one attached hydrogen (secondary N) is 1. The summed E-state index contributed by atoms with van der Waals surface area (Å²) in [5, 5.41) is 3.24. The van der Waals surface area contributed by atoms with Crippen LogP contribution in [0.3, 0.4) is 0 Å². The third-order valence-corrected chi connectivity index (χ3v) is 4.58. The smallest absolute Gasteiger partial charge is 0.294 e. The van der Waals surface area contributed by atoms with Gasteiger partial charge in [-0.3, -0.25) is 0 Å². The number of hydrogen-bond donors (Lipinski definition) is 1. The van der Waals surface area contributed by atoms with Gasteiger partial charge in [0.25, 0.3) is 6.02 Å². The number of para-hydroxylation sites is 1. The lowest BCUT2D eigenvalue weighted by molar-refractivity contribution is 0.286. The standard InChI is InChI=1S/C22H28N2O/c1-2-3-4-5-6-8-11-18-14-15-19-17-25-22(24-21(19)16-18)23-20-12-9-7-10-13-20/h7,9-10,12-16H,2-6,8,11,17H2,1H3,(H,23,24). The molecular formula is C22H28N2O. The van der Waals surface area contributed by atoms with Gasteiger partial charge in [0.2, 0.25) is 0 Å². The summed E-state index contributed by atoms with van der Waals surface area (Å²) in [6, 6.07) is 17.2. The molecule has 0 atom stereocenters. The van der Waals surface area contributed by atoms with Crippen LogP contribution in [-0.2, 0) is 17.8 Å². The van der Waals surface area contributed by atoms with E-state index in [0.717, 1.165) is 23.4 Å². The Morgan fingerprint density at radius 3 is 2.60 bits per heavy atom. The first-order valence-electron chi connectivity index (χ1n) is 9.50. The number of rotatable bonds is 8. The van der Waals surface area contributed by atoms with Crippen LogP contribution in [0.25, 0.3) is 0 Å². The summed E-state index contributed by atoms with van der Waals surface area (Å²) in [5.41, 5.74) is 4.56. The highest BCUT2D eigenvalue weighted by Gasteiger charge is 2.13. The van der Waals surface area contributed by atoms with Gasteiger partial charge in [-0.1, -0.05) is 69.4 Å². The first-order valence-corrected chi connectivity index (χ1v) is 9.50. The molecule has 25 heavy (non-hydrogen) atoms. The topological polar surface area (TPSA) is 33.6 Å². The number of fused-ring (bicyclic) bond motifs is 1. The molecule has 2 aromatic carbocycles. The van der Waals surface area contributed by atoms with Crippen molar-refractivity contribution in [3.8, 4) is 0 Å². The van der Waals surface area contributed by atoms with Crippen LogP contribution in [0, 0.1) is 0 Å². The van der Waals surface area contributed by atoms with Crippen molar-refractivity contribution in [3.63, 3.8) is 0 Å². The maximum Gasteiger partial charge on any atom is 0.294 e. The number of benzene rings is 2. The highest BCUT2D eigenvalue weighted by molar-refractivity contribution is 5.92. The molecular weight excluding hydrogens is 308 g/mol. The minimum Gasteiger partial charge on any atom is -0.460 e. The minimum atomic E-state index is 0.575. The maximum atomic E-state index is 5.72. The van der Waals surface area contributed by atoms with E-state index in [0.29, 0.717) is 12.6 Å². The zero-order valence-electron chi connectivity index (χ0n) is 15.1. The van der Waals surface area contributed by atoms with Gasteiger partial charge in [0.05, 0.1) is 5.69 Å². The van der Waals surface area contributed by atoms with Crippen molar-refractivity contribution in [1.82, 2.24) is 0 Å². The van der Waals surface area contributed by atoms with Crippen molar-refractivity contribution < 1.29 is 4.74 Å². The molecule has 1 aliphatic heterocycles. The van der Waals surface area contributed by atoms with E-state index >= 15 is 0 Å². The Bertz CT molecular complexity index is 694. The lowest BCUT2D eigenvalue weighted by atomic mass is 10.0. The molecule has 0 aliphatic carbocycles. The van der Waals surface area contributed by atoms with Crippen molar-refractivity contribution in [2.75, 3.05) is 5.32 Å². The molecule has 1 aliphatic rings. The third-order valence-electron chi connectivity index (χ3n) is 4.58. The van der Waals surface area contributed by atoms with Crippen LogP contribution in [0.1, 0.15) is 56.6 Å². The summed E-state index contributed by atoms with van der Waals surface area (Å²) in [4.78, 5) is 4.65. The zero-order chi connectivity index (χ0) is 17.3. The van der Waals surface area contributed by atoms with Gasteiger partial charge in [-0.25, -0.2) is 0 Å². The summed E-state index contributed by atoms with van der Waals surface area (Å²) in [7, 11) is 0. The molecule has 3 rings (SSSR count). The fourth-order valence-corrected chi connectivity index (χ4v) is 3.10. The highest BCUT2D eigenvalue weighted by Crippen LogP contribution is 2.27. The lowest BCUT2D eigenvalue weighted by Crippen LogP contribution is -2.18. The zero-order valence-corrected chi connectivity index (χ0v) is 15.1. The molecule has 132 valence electrons. The molecule has 3 nitrogen and oxygen atoms in total. The summed E-state index contributed by atoms with van der Waals surface area (Å²) in [5.74, 6) is 0. The van der Waals surface area contributed by atoms with Crippen LogP contribution in [0.5, 0.6) is 0 Å². The molecule has 1 heterocycles. The number of unbranched alkanes of at least 4 members (excludes halogenated alkanes) is 5. The number of anilines is 1. The van der Waals surface area contributed by atoms with E-state index in [1.54, 1.807) is 0 Å². The summed E-state index contributed by atoms with van der Waals surface area (Å²) in [6.07, 6.45) is 9.13. The maximum absolute atomic E-state index is 5.72. The molecule has 2 aromatic rings. The van der Waals surface area contributed by atoms with Gasteiger partial charge in [0.15, 0.2) is 0 Å². The van der Waals surface area contributed by atoms with E-state index < -0.39 is 0 Å². The van der Waals surface area contributed by atoms with Crippen molar-refractivity contribution in [3.05, 3.63) is 59.7 Å². The number of aryl methyl sites for hydroxylation is 1. The fraction of sp³-hybridized carbons (Fsp3) is 0.409. The third kappa shape index (κ3) is 5.35. The van der Waals surface area contributed by atoms with Crippen LogP contribution < -0.4 is 5.32 Å². The van der Waals surface area contributed by atoms with Crippen LogP contribution in [0.4, 0.5) is 11.4 Å². The van der Waals surface area contributed by atoms with Crippen molar-refractivity contribution >= 4 is 17.4 Å². The van der Waals surface area contributed by atoms with E-state index in [4.69, 9.17) is 4.74 Å². The first kappa shape index (κ1) is 17.5. The fourth-order valence-electron chi connectivity index (χ4n) is 3.10. The van der Waals surface area contributed by atoms with Gasteiger partial charge in [-0.2, -0.15) is 4.99 Å². The molecule has 0 radical (unpaired) electrons. The first-order chi connectivity index (χ1) is 12.3. The Morgan fingerprint density at radius 2 is 1.76 bits per heavy atom. The Hall–Kier alpha value is -2.29. The van der Waals surface area contributed by atoms with Gasteiger partial charge in [0, 0.05) is 11.3 Å². The second-order valence-electron chi connectivity index (χ2n) is 6.68. The SMILES string of the molecule is CCCCCCCCc1ccc2c(c1)N=C(Nc1ccccc1)OC2. The van der Waals surface area contributed by atoms with Crippen LogP contribution >= 0.6 is 0 Å². The predicted molar refractivity (Wildman–Crippen MR) is 105 cm³/mol. The highest BCUT2D eigenvalue weighted by atomic mass is 16.5. The van der Waals surface area contributed by atoms with E-state index in [1.165, 1.54) is 44.1 Å². The lowest BCUT2D eigenvalue weighted by Gasteiger charge is -2.18. The molecule has 0 aromatic heterocycles. The average molecular weight is 336 g/mol. The molecule has 0 amide bonds. The number of ether oxygens (including phenoxy) is 1. The number of aliphatic imine (C=N–C) groups is 1. The van der Waals surface area contributed by atoms with Gasteiger partial charge < -0.3 is 10.1 Å². The van der Waals surface area contributed by atoms with E-state index in [2.05, 4.69) is 35.4 Å². The average Bonchev–Trinajstić information content (AvgIpc) is 2.65. The normalized spacial score (nSPS) is 12.9. The molecule has 0 saturated heterocycles. The van der Waals surface area contributed by atoms with Gasteiger partial charge in [-0.15, -0.1) is 0 Å². The Morgan fingerprint density at radius 1 is 0.960 bits per heavy atom. The molecule has 1 N–H and O–H groups in total. The van der Waals surface area contributed by atoms with E-state index in [1.807, 2.05) is 30.3 Å². The second-order valence-corrected chi connectivity index (χ2v) is 6.68. The quantitative estimate of drug-likeness (QED) is 0.581. The Balaban J connectivity index is 1.57. The molecule has 0 bridgehead atoms. The van der Waals surface area contributed by atoms with Crippen LogP contribution in [0.15, 0.2) is 53.5 Å². The molecule has 0 unspecified atom stereocenters. The summed E-state index contributed by atoms with van der Waals surface area (Å²) in [6.45, 7) is 2.84. The summed E-state index contributed by atoms with van der Waals surface area (Å²) < 4.78 is 5.72. The number of amidine groups is 1. The van der Waals surface area contributed by atoms with Crippen molar-refractivity contribution in [1.29, 1.82) is 0 Å². The molecule has 0 fully saturated rings. The predicted octanol–water partition coefficient (Wildman–Crippen LogP) is 6.22. The molecule has 3 heteroatoms. The van der Waals surface area contributed by atoms with Crippen LogP contribution in [0.2, 0.25) is 0 Å². The van der Waals surface area contributed by atoms with E-state index in [-0.39, 0.29) is 0 Å². The number of nitrogens with zero attached hydrogens (tertiary/aromatic N) is 1. The van der Waals surface area contributed by atoms with E-state index in [9.17, 15) is 0 Å². The van der Waals surface area contributed by atoms with Gasteiger partial charge in [0.1, 0.15) is 6.61 Å². The summed E-state index contributed by atoms with van der Waals surface area (Å²) >= 11 is 0. The minimum absolute atomic E-state index is 0.575. The van der Waals surface area contributed by atoms with Crippen molar-refractivity contribution in [2.45, 2.75) is 58.5 Å². The Kier molecular flexibility index (Phi) is 6.49. The largest absolute Gasteiger partial charge is 0.460 e. The Labute approximate surface area is 151 Å². The van der Waals surface area contributed by atoms with Gasteiger partial charge in [-0.05, 0) is 36.6 Å². The monoisotopic (exact) mass is 336 g/mol. The second kappa shape index (κ2) is 9.26. The van der Waals surface area contributed by atoms with Gasteiger partial charge >= 0.3 is 0 Å². The van der Waals surface area contributed by atoms with Crippen molar-refractivity contribution in [2.24, 2.45) is 4.99 Å². The number of hydrogen-bond acceptors (Lipinski definition) is 3.